The van der Waals surface area contributed by atoms with Gasteiger partial charge in [0.05, 0.1) is 16.4 Å². The molecule has 0 atom stereocenters. The van der Waals surface area contributed by atoms with Crippen molar-refractivity contribution in [3.05, 3.63) is 41.3 Å². The van der Waals surface area contributed by atoms with E-state index in [1.807, 2.05) is 6.92 Å². The molecule has 0 fully saturated rings. The minimum Gasteiger partial charge on any atom is -0.351 e. The first kappa shape index (κ1) is 18.5. The van der Waals surface area contributed by atoms with E-state index >= 15 is 0 Å². The molecule has 3 aromatic rings. The summed E-state index contributed by atoms with van der Waals surface area (Å²) in [6, 6.07) is 5.76. The van der Waals surface area contributed by atoms with Crippen LogP contribution in [0.25, 0.3) is 10.2 Å². The van der Waals surface area contributed by atoms with Crippen LogP contribution in [0.5, 0.6) is 0 Å². The zero-order valence-corrected chi connectivity index (χ0v) is 16.5. The molecule has 6 nitrogen and oxygen atoms in total. The van der Waals surface area contributed by atoms with Crippen molar-refractivity contribution in [3.63, 3.8) is 0 Å². The topological polar surface area (TPSA) is 62.5 Å². The van der Waals surface area contributed by atoms with Gasteiger partial charge in [-0.1, -0.05) is 42.5 Å². The Morgan fingerprint density at radius 3 is 2.46 bits per heavy atom. The lowest BCUT2D eigenvalue weighted by atomic mass is 10.1. The molecule has 0 N–H and O–H groups in total. The second kappa shape index (κ2) is 7.97. The average Bonchev–Trinajstić information content (AvgIpc) is 3.32. The summed E-state index contributed by atoms with van der Waals surface area (Å²) in [5.74, 6) is 0.0289. The maximum atomic E-state index is 13.0. The van der Waals surface area contributed by atoms with E-state index in [1.165, 1.54) is 11.8 Å². The molecule has 0 aliphatic heterocycles. The largest absolute Gasteiger partial charge is 0.351 e. The minimum absolute atomic E-state index is 0.205. The van der Waals surface area contributed by atoms with Crippen molar-refractivity contribution in [1.82, 2.24) is 15.0 Å². The van der Waals surface area contributed by atoms with E-state index in [0.29, 0.717) is 11.7 Å². The van der Waals surface area contributed by atoms with Gasteiger partial charge in [-0.25, -0.2) is 4.98 Å². The smallest absolute Gasteiger partial charge is 0.298 e. The molecule has 138 valence electrons. The summed E-state index contributed by atoms with van der Waals surface area (Å²) in [6.45, 7) is 11.6. The number of rotatable bonds is 7. The highest BCUT2D eigenvalue weighted by atomic mass is 32.1. The summed E-state index contributed by atoms with van der Waals surface area (Å²) in [5.41, 5.74) is 3.25. The van der Waals surface area contributed by atoms with Gasteiger partial charge in [-0.05, 0) is 38.1 Å². The molecule has 1 amide bonds. The molecular formula is C19H24N4O2S. The van der Waals surface area contributed by atoms with Gasteiger partial charge in [0.1, 0.15) is 0 Å². The summed E-state index contributed by atoms with van der Waals surface area (Å²) < 4.78 is 6.22. The van der Waals surface area contributed by atoms with Crippen molar-refractivity contribution in [1.29, 1.82) is 0 Å². The van der Waals surface area contributed by atoms with Crippen molar-refractivity contribution in [2.75, 3.05) is 31.1 Å². The molecule has 7 heteroatoms. The van der Waals surface area contributed by atoms with Gasteiger partial charge in [-0.15, -0.1) is 0 Å². The Balaban J connectivity index is 1.98. The SMILES string of the molecule is CCN(CC)CCN(C(=O)c1ccno1)c1nc2c(C)ccc(C)c2s1. The third-order valence-corrected chi connectivity index (χ3v) is 5.80. The normalized spacial score (nSPS) is 11.4. The fourth-order valence-electron chi connectivity index (χ4n) is 2.89. The summed E-state index contributed by atoms with van der Waals surface area (Å²) >= 11 is 1.55. The maximum absolute atomic E-state index is 13.0. The number of carbonyl (C=O) groups excluding carboxylic acids is 1. The van der Waals surface area contributed by atoms with Gasteiger partial charge in [0, 0.05) is 19.2 Å². The molecule has 0 saturated heterocycles. The Hall–Kier alpha value is -2.25. The van der Waals surface area contributed by atoms with Crippen molar-refractivity contribution >= 4 is 32.6 Å². The molecule has 0 aliphatic rings. The molecule has 1 aromatic carbocycles. The van der Waals surface area contributed by atoms with Crippen molar-refractivity contribution in [3.8, 4) is 0 Å². The van der Waals surface area contributed by atoms with E-state index in [9.17, 15) is 4.79 Å². The van der Waals surface area contributed by atoms with Gasteiger partial charge in [0.25, 0.3) is 5.91 Å². The first-order chi connectivity index (χ1) is 12.5. The third-order valence-electron chi connectivity index (χ3n) is 4.59. The average molecular weight is 372 g/mol. The van der Waals surface area contributed by atoms with Gasteiger partial charge < -0.3 is 9.42 Å². The quantitative estimate of drug-likeness (QED) is 0.630. The van der Waals surface area contributed by atoms with Crippen LogP contribution in [0.15, 0.2) is 28.9 Å². The number of aromatic nitrogens is 2. The third kappa shape index (κ3) is 3.64. The van der Waals surface area contributed by atoms with E-state index in [1.54, 1.807) is 22.3 Å². The number of nitrogens with zero attached hydrogens (tertiary/aromatic N) is 4. The molecule has 3 rings (SSSR count). The Kier molecular flexibility index (Phi) is 5.68. The van der Waals surface area contributed by atoms with Crippen molar-refractivity contribution in [2.45, 2.75) is 27.7 Å². The maximum Gasteiger partial charge on any atom is 0.298 e. The monoisotopic (exact) mass is 372 g/mol. The number of thiazole rings is 1. The lowest BCUT2D eigenvalue weighted by Gasteiger charge is -2.23. The lowest BCUT2D eigenvalue weighted by Crippen LogP contribution is -2.38. The molecule has 0 bridgehead atoms. The van der Waals surface area contributed by atoms with Gasteiger partial charge in [0.2, 0.25) is 5.76 Å². The zero-order chi connectivity index (χ0) is 18.7. The highest BCUT2D eigenvalue weighted by molar-refractivity contribution is 7.22. The van der Waals surface area contributed by atoms with Crippen LogP contribution in [0, 0.1) is 13.8 Å². The van der Waals surface area contributed by atoms with Crippen LogP contribution < -0.4 is 4.90 Å². The van der Waals surface area contributed by atoms with Crippen LogP contribution in [0.4, 0.5) is 5.13 Å². The predicted molar refractivity (Wildman–Crippen MR) is 105 cm³/mol. The number of hydrogen-bond donors (Lipinski definition) is 0. The van der Waals surface area contributed by atoms with Gasteiger partial charge >= 0.3 is 0 Å². The summed E-state index contributed by atoms with van der Waals surface area (Å²) in [5, 5.41) is 4.37. The molecular weight excluding hydrogens is 348 g/mol. The summed E-state index contributed by atoms with van der Waals surface area (Å²) in [4.78, 5) is 21.8. The molecule has 2 heterocycles. The molecule has 0 radical (unpaired) electrons. The Labute approximate surface area is 157 Å². The first-order valence-electron chi connectivity index (χ1n) is 8.86. The molecule has 0 saturated carbocycles. The highest BCUT2D eigenvalue weighted by Gasteiger charge is 2.25. The number of carbonyl (C=O) groups is 1. The summed E-state index contributed by atoms with van der Waals surface area (Å²) in [7, 11) is 0. The van der Waals surface area contributed by atoms with Crippen molar-refractivity contribution < 1.29 is 9.32 Å². The van der Waals surface area contributed by atoms with E-state index in [-0.39, 0.29) is 11.7 Å². The minimum atomic E-state index is -0.205. The Bertz CT molecular complexity index is 845. The van der Waals surface area contributed by atoms with E-state index in [0.717, 1.165) is 35.4 Å². The van der Waals surface area contributed by atoms with Crippen LogP contribution in [0.3, 0.4) is 0 Å². The van der Waals surface area contributed by atoms with Crippen LogP contribution in [0.2, 0.25) is 0 Å². The van der Waals surface area contributed by atoms with E-state index in [4.69, 9.17) is 9.51 Å². The van der Waals surface area contributed by atoms with Gasteiger partial charge in [-0.2, -0.15) is 0 Å². The van der Waals surface area contributed by atoms with Crippen LogP contribution in [0.1, 0.15) is 35.5 Å². The Morgan fingerprint density at radius 1 is 1.12 bits per heavy atom. The predicted octanol–water partition coefficient (Wildman–Crippen LogP) is 3.89. The molecule has 0 unspecified atom stereocenters. The number of fused-ring (bicyclic) bond motifs is 1. The fraction of sp³-hybridized carbons (Fsp3) is 0.421. The number of likely N-dealkylation sites (N-methyl/N-ethyl adjacent to an activating group) is 1. The van der Waals surface area contributed by atoms with Gasteiger partial charge in [0.15, 0.2) is 5.13 Å². The summed E-state index contributed by atoms with van der Waals surface area (Å²) in [6.07, 6.45) is 1.49. The second-order valence-corrected chi connectivity index (χ2v) is 7.21. The van der Waals surface area contributed by atoms with Crippen molar-refractivity contribution in [2.24, 2.45) is 0 Å². The zero-order valence-electron chi connectivity index (χ0n) is 15.7. The first-order valence-corrected chi connectivity index (χ1v) is 9.68. The fourth-order valence-corrected chi connectivity index (χ4v) is 4.02. The number of hydrogen-bond acceptors (Lipinski definition) is 6. The highest BCUT2D eigenvalue weighted by Crippen LogP contribution is 2.33. The number of anilines is 1. The molecule has 26 heavy (non-hydrogen) atoms. The van der Waals surface area contributed by atoms with Crippen LogP contribution >= 0.6 is 11.3 Å². The Morgan fingerprint density at radius 2 is 1.85 bits per heavy atom. The standard InChI is InChI=1S/C19H24N4O2S/c1-5-22(6-2)11-12-23(18(24)15-9-10-20-25-15)19-21-16-13(3)7-8-14(4)17(16)26-19/h7-10H,5-6,11-12H2,1-4H3. The molecule has 2 aromatic heterocycles. The van der Waals surface area contributed by atoms with Gasteiger partial charge in [-0.3, -0.25) is 9.69 Å². The second-order valence-electron chi connectivity index (χ2n) is 6.23. The van der Waals surface area contributed by atoms with E-state index in [2.05, 4.69) is 43.0 Å². The lowest BCUT2D eigenvalue weighted by molar-refractivity contribution is 0.0948. The number of aryl methyl sites for hydroxylation is 2. The number of benzene rings is 1. The van der Waals surface area contributed by atoms with E-state index < -0.39 is 0 Å². The van der Waals surface area contributed by atoms with Crippen LogP contribution in [-0.4, -0.2) is 47.1 Å². The number of amides is 1. The molecule has 0 aliphatic carbocycles. The molecule has 0 spiro atoms. The van der Waals surface area contributed by atoms with Crippen LogP contribution in [-0.2, 0) is 0 Å².